The number of carbonyl (C=O) groups is 1. The van der Waals surface area contributed by atoms with Crippen LogP contribution in [0.15, 0.2) is 47.4 Å². The Labute approximate surface area is 168 Å². The van der Waals surface area contributed by atoms with Crippen LogP contribution < -0.4 is 4.90 Å². The molecule has 0 bridgehead atoms. The number of piperazine rings is 1. The Kier molecular flexibility index (Phi) is 5.36. The Hall–Kier alpha value is -2.05. The fourth-order valence-electron chi connectivity index (χ4n) is 3.25. The van der Waals surface area contributed by atoms with Gasteiger partial charge in [-0.15, -0.1) is 11.8 Å². The highest BCUT2D eigenvalue weighted by Crippen LogP contribution is 2.32. The first-order chi connectivity index (χ1) is 13.1. The first-order valence-corrected chi connectivity index (χ1v) is 11.0. The second-order valence-electron chi connectivity index (χ2n) is 6.82. The highest BCUT2D eigenvalue weighted by atomic mass is 32.2. The molecule has 1 aromatic heterocycles. The van der Waals surface area contributed by atoms with Gasteiger partial charge >= 0.3 is 0 Å². The van der Waals surface area contributed by atoms with Crippen LogP contribution in [0.25, 0.3) is 10.2 Å². The van der Waals surface area contributed by atoms with Crippen molar-refractivity contribution in [2.24, 2.45) is 0 Å². The van der Waals surface area contributed by atoms with Crippen molar-refractivity contribution in [1.29, 1.82) is 0 Å². The van der Waals surface area contributed by atoms with E-state index in [-0.39, 0.29) is 5.91 Å². The molecule has 1 aliphatic heterocycles. The maximum absolute atomic E-state index is 12.5. The Bertz CT molecular complexity index is 947. The molecule has 6 heteroatoms. The van der Waals surface area contributed by atoms with E-state index in [2.05, 4.69) is 30.9 Å². The van der Waals surface area contributed by atoms with Gasteiger partial charge in [-0.1, -0.05) is 35.6 Å². The standard InChI is InChI=1S/C21H23N3OS2/c1-15-8-9-18-20(16(15)2)22-21(27-18)24-12-10-23(11-13-24)19(25)14-26-17-6-4-3-5-7-17/h3-9H,10-14H2,1-2H3. The number of hydrogen-bond donors (Lipinski definition) is 0. The average Bonchev–Trinajstić information content (AvgIpc) is 3.15. The predicted molar refractivity (Wildman–Crippen MR) is 115 cm³/mol. The van der Waals surface area contributed by atoms with Crippen LogP contribution in [0, 0.1) is 13.8 Å². The van der Waals surface area contributed by atoms with E-state index in [1.54, 1.807) is 23.1 Å². The van der Waals surface area contributed by atoms with Crippen LogP contribution in [0.1, 0.15) is 11.1 Å². The Morgan fingerprint density at radius 3 is 2.56 bits per heavy atom. The number of aromatic nitrogens is 1. The first kappa shape index (κ1) is 18.3. The lowest BCUT2D eigenvalue weighted by molar-refractivity contribution is -0.128. The molecule has 2 aromatic carbocycles. The molecular formula is C21H23N3OS2. The van der Waals surface area contributed by atoms with Gasteiger partial charge in [0, 0.05) is 31.1 Å². The summed E-state index contributed by atoms with van der Waals surface area (Å²) in [5, 5.41) is 1.07. The van der Waals surface area contributed by atoms with Crippen LogP contribution in [-0.4, -0.2) is 47.7 Å². The summed E-state index contributed by atoms with van der Waals surface area (Å²) >= 11 is 3.36. The summed E-state index contributed by atoms with van der Waals surface area (Å²) < 4.78 is 1.24. The minimum Gasteiger partial charge on any atom is -0.345 e. The predicted octanol–water partition coefficient (Wildman–Crippen LogP) is 4.35. The molecule has 1 fully saturated rings. The molecule has 27 heavy (non-hydrogen) atoms. The Balaban J connectivity index is 1.36. The van der Waals surface area contributed by atoms with Gasteiger partial charge in [-0.2, -0.15) is 0 Å². The quantitative estimate of drug-likeness (QED) is 0.613. The molecule has 3 aromatic rings. The SMILES string of the molecule is Cc1ccc2sc(N3CCN(C(=O)CSc4ccccc4)CC3)nc2c1C. The molecule has 0 N–H and O–H groups in total. The summed E-state index contributed by atoms with van der Waals surface area (Å²) in [6, 6.07) is 14.4. The number of nitrogens with zero attached hydrogens (tertiary/aromatic N) is 3. The van der Waals surface area contributed by atoms with E-state index >= 15 is 0 Å². The monoisotopic (exact) mass is 397 g/mol. The van der Waals surface area contributed by atoms with Crippen LogP contribution in [-0.2, 0) is 4.79 Å². The van der Waals surface area contributed by atoms with Crippen LogP contribution in [0.2, 0.25) is 0 Å². The van der Waals surface area contributed by atoms with Crippen molar-refractivity contribution in [2.45, 2.75) is 18.7 Å². The third-order valence-electron chi connectivity index (χ3n) is 5.08. The number of hydrogen-bond acceptors (Lipinski definition) is 5. The smallest absolute Gasteiger partial charge is 0.233 e. The maximum Gasteiger partial charge on any atom is 0.233 e. The zero-order valence-corrected chi connectivity index (χ0v) is 17.3. The second-order valence-corrected chi connectivity index (χ2v) is 8.88. The van der Waals surface area contributed by atoms with E-state index in [1.807, 2.05) is 35.2 Å². The summed E-state index contributed by atoms with van der Waals surface area (Å²) in [5.74, 6) is 0.725. The molecule has 140 valence electrons. The molecule has 1 saturated heterocycles. The van der Waals surface area contributed by atoms with Crippen LogP contribution in [0.5, 0.6) is 0 Å². The van der Waals surface area contributed by atoms with Gasteiger partial charge in [-0.05, 0) is 43.2 Å². The maximum atomic E-state index is 12.5. The summed E-state index contributed by atoms with van der Waals surface area (Å²) in [6.07, 6.45) is 0. The van der Waals surface area contributed by atoms with E-state index in [0.717, 1.165) is 41.7 Å². The molecule has 1 amide bonds. The highest BCUT2D eigenvalue weighted by Gasteiger charge is 2.23. The summed E-state index contributed by atoms with van der Waals surface area (Å²) in [4.78, 5) is 22.8. The molecule has 4 rings (SSSR count). The van der Waals surface area contributed by atoms with Crippen molar-refractivity contribution in [3.05, 3.63) is 53.6 Å². The third kappa shape index (κ3) is 3.96. The largest absolute Gasteiger partial charge is 0.345 e. The summed E-state index contributed by atoms with van der Waals surface area (Å²) in [6.45, 7) is 7.50. The molecule has 0 unspecified atom stereocenters. The third-order valence-corrected chi connectivity index (χ3v) is 7.16. The van der Waals surface area contributed by atoms with Crippen molar-refractivity contribution in [1.82, 2.24) is 9.88 Å². The molecule has 0 spiro atoms. The lowest BCUT2D eigenvalue weighted by Gasteiger charge is -2.34. The average molecular weight is 398 g/mol. The number of thiazole rings is 1. The normalized spacial score (nSPS) is 14.7. The van der Waals surface area contributed by atoms with Crippen molar-refractivity contribution in [3.8, 4) is 0 Å². The van der Waals surface area contributed by atoms with E-state index in [9.17, 15) is 4.79 Å². The van der Waals surface area contributed by atoms with Gasteiger partial charge in [-0.25, -0.2) is 4.98 Å². The molecule has 0 atom stereocenters. The summed E-state index contributed by atoms with van der Waals surface area (Å²) in [7, 11) is 0. The van der Waals surface area contributed by atoms with E-state index < -0.39 is 0 Å². The van der Waals surface area contributed by atoms with Gasteiger partial charge in [-0.3, -0.25) is 4.79 Å². The Morgan fingerprint density at radius 1 is 1.07 bits per heavy atom. The molecular weight excluding hydrogens is 374 g/mol. The number of fused-ring (bicyclic) bond motifs is 1. The zero-order chi connectivity index (χ0) is 18.8. The van der Waals surface area contributed by atoms with Crippen LogP contribution in [0.3, 0.4) is 0 Å². The van der Waals surface area contributed by atoms with E-state index in [0.29, 0.717) is 5.75 Å². The highest BCUT2D eigenvalue weighted by molar-refractivity contribution is 8.00. The minimum atomic E-state index is 0.222. The van der Waals surface area contributed by atoms with E-state index in [4.69, 9.17) is 4.98 Å². The molecule has 2 heterocycles. The number of rotatable bonds is 4. The number of benzene rings is 2. The number of thioether (sulfide) groups is 1. The molecule has 1 aliphatic rings. The molecule has 4 nitrogen and oxygen atoms in total. The van der Waals surface area contributed by atoms with Crippen LogP contribution >= 0.6 is 23.1 Å². The number of aryl methyl sites for hydroxylation is 2. The number of carbonyl (C=O) groups excluding carboxylic acids is 1. The van der Waals surface area contributed by atoms with E-state index in [1.165, 1.54) is 15.8 Å². The number of amides is 1. The van der Waals surface area contributed by atoms with Gasteiger partial charge in [0.15, 0.2) is 5.13 Å². The van der Waals surface area contributed by atoms with Crippen molar-refractivity contribution in [2.75, 3.05) is 36.8 Å². The minimum absolute atomic E-state index is 0.222. The molecule has 0 aliphatic carbocycles. The fourth-order valence-corrected chi connectivity index (χ4v) is 5.15. The lowest BCUT2D eigenvalue weighted by atomic mass is 10.1. The second kappa shape index (κ2) is 7.90. The van der Waals surface area contributed by atoms with Gasteiger partial charge in [0.1, 0.15) is 0 Å². The van der Waals surface area contributed by atoms with Crippen molar-refractivity contribution < 1.29 is 4.79 Å². The van der Waals surface area contributed by atoms with Gasteiger partial charge < -0.3 is 9.80 Å². The van der Waals surface area contributed by atoms with Crippen molar-refractivity contribution >= 4 is 44.4 Å². The summed E-state index contributed by atoms with van der Waals surface area (Å²) in [5.41, 5.74) is 3.67. The lowest BCUT2D eigenvalue weighted by Crippen LogP contribution is -2.49. The van der Waals surface area contributed by atoms with Crippen LogP contribution in [0.4, 0.5) is 5.13 Å². The van der Waals surface area contributed by atoms with Gasteiger partial charge in [0.25, 0.3) is 0 Å². The Morgan fingerprint density at radius 2 is 1.81 bits per heavy atom. The fraction of sp³-hybridized carbons (Fsp3) is 0.333. The number of anilines is 1. The first-order valence-electron chi connectivity index (χ1n) is 9.19. The van der Waals surface area contributed by atoms with Gasteiger partial charge in [0.05, 0.1) is 16.0 Å². The molecule has 0 saturated carbocycles. The van der Waals surface area contributed by atoms with Crippen molar-refractivity contribution in [3.63, 3.8) is 0 Å². The zero-order valence-electron chi connectivity index (χ0n) is 15.6. The molecule has 0 radical (unpaired) electrons. The topological polar surface area (TPSA) is 36.4 Å². The van der Waals surface area contributed by atoms with Gasteiger partial charge in [0.2, 0.25) is 5.91 Å².